The van der Waals surface area contributed by atoms with E-state index in [-0.39, 0.29) is 11.3 Å². The lowest BCUT2D eigenvalue weighted by atomic mass is 10.1. The van der Waals surface area contributed by atoms with E-state index in [0.717, 1.165) is 10.6 Å². The molecule has 4 rings (SSSR count). The van der Waals surface area contributed by atoms with Gasteiger partial charge < -0.3 is 0 Å². The lowest BCUT2D eigenvalue weighted by molar-refractivity contribution is -0.140. The first-order valence-corrected chi connectivity index (χ1v) is 7.24. The Morgan fingerprint density at radius 2 is 1.69 bits per heavy atom. The number of rotatable bonds is 1. The average Bonchev–Trinajstić information content (AvgIpc) is 3.16. The summed E-state index contributed by atoms with van der Waals surface area (Å²) in [7, 11) is 0. The Morgan fingerprint density at radius 3 is 2.38 bits per heavy atom. The summed E-state index contributed by atoms with van der Waals surface area (Å²) >= 11 is 0. The van der Waals surface area contributed by atoms with Crippen LogP contribution in [-0.4, -0.2) is 19.6 Å². The van der Waals surface area contributed by atoms with E-state index in [2.05, 4.69) is 15.2 Å². The molecule has 0 radical (unpaired) electrons. The van der Waals surface area contributed by atoms with Crippen LogP contribution in [0.15, 0.2) is 42.7 Å². The number of H-pyrrole nitrogens is 1. The normalized spacial score (nSPS) is 13.0. The number of imidazole rings is 1. The largest absolute Gasteiger partial charge is 0.435 e. The van der Waals surface area contributed by atoms with E-state index in [1.165, 1.54) is 18.3 Å². The molecule has 0 aliphatic rings. The van der Waals surface area contributed by atoms with Crippen LogP contribution in [0, 0.1) is 0 Å². The zero-order valence-corrected chi connectivity index (χ0v) is 12.7. The molecule has 1 N–H and O–H groups in total. The second kappa shape index (κ2) is 5.23. The molecule has 1 aromatic carbocycles. The number of pyridine rings is 1. The first-order chi connectivity index (χ1) is 12.1. The molecule has 0 saturated heterocycles. The molecule has 134 valence electrons. The predicted molar refractivity (Wildman–Crippen MR) is 80.3 cm³/mol. The average molecular weight is 370 g/mol. The molecule has 0 spiro atoms. The summed E-state index contributed by atoms with van der Waals surface area (Å²) in [5.74, 6) is 0. The molecular weight excluding hydrogens is 362 g/mol. The predicted octanol–water partition coefficient (Wildman–Crippen LogP) is 4.92. The van der Waals surface area contributed by atoms with Crippen molar-refractivity contribution in [3.05, 3.63) is 54.0 Å². The number of hydrogen-bond acceptors (Lipinski definition) is 2. The molecule has 0 fully saturated rings. The number of alkyl halides is 6. The molecule has 4 nitrogen and oxygen atoms in total. The Bertz CT molecular complexity index is 1120. The minimum atomic E-state index is -4.83. The van der Waals surface area contributed by atoms with E-state index in [1.807, 2.05) is 0 Å². The van der Waals surface area contributed by atoms with Crippen LogP contribution in [0.2, 0.25) is 0 Å². The molecular formula is C16H8F6N4. The van der Waals surface area contributed by atoms with Gasteiger partial charge in [-0.15, -0.1) is 0 Å². The SMILES string of the molecule is FC(F)(F)c1ccn2c(-c3ccc4[nH]ncc4c3)c(C(F)(F)F)nc2c1. The summed E-state index contributed by atoms with van der Waals surface area (Å²) in [4.78, 5) is 3.42. The zero-order valence-electron chi connectivity index (χ0n) is 12.7. The molecule has 4 aromatic rings. The van der Waals surface area contributed by atoms with Crippen molar-refractivity contribution in [3.63, 3.8) is 0 Å². The van der Waals surface area contributed by atoms with Gasteiger partial charge in [0.25, 0.3) is 0 Å². The second-order valence-electron chi connectivity index (χ2n) is 5.62. The van der Waals surface area contributed by atoms with Crippen molar-refractivity contribution in [2.45, 2.75) is 12.4 Å². The van der Waals surface area contributed by atoms with Gasteiger partial charge in [0.05, 0.1) is 23.0 Å². The lowest BCUT2D eigenvalue weighted by Crippen LogP contribution is -2.07. The van der Waals surface area contributed by atoms with Crippen LogP contribution < -0.4 is 0 Å². The highest BCUT2D eigenvalue weighted by molar-refractivity contribution is 5.84. The van der Waals surface area contributed by atoms with Crippen LogP contribution >= 0.6 is 0 Å². The molecule has 0 unspecified atom stereocenters. The number of hydrogen-bond donors (Lipinski definition) is 1. The third-order valence-electron chi connectivity index (χ3n) is 3.94. The zero-order chi connectivity index (χ0) is 18.7. The molecule has 10 heteroatoms. The van der Waals surface area contributed by atoms with Crippen LogP contribution in [0.3, 0.4) is 0 Å². The van der Waals surface area contributed by atoms with Gasteiger partial charge in [-0.3, -0.25) is 9.50 Å². The van der Waals surface area contributed by atoms with Crippen molar-refractivity contribution in [2.75, 3.05) is 0 Å². The summed E-state index contributed by atoms with van der Waals surface area (Å²) in [6, 6.07) is 5.75. The van der Waals surface area contributed by atoms with Crippen LogP contribution in [0.4, 0.5) is 26.3 Å². The molecule has 0 amide bonds. The lowest BCUT2D eigenvalue weighted by Gasteiger charge is -2.09. The smallest absolute Gasteiger partial charge is 0.299 e. The molecule has 0 aliphatic heterocycles. The van der Waals surface area contributed by atoms with Crippen molar-refractivity contribution in [1.29, 1.82) is 0 Å². The van der Waals surface area contributed by atoms with E-state index in [4.69, 9.17) is 0 Å². The van der Waals surface area contributed by atoms with Gasteiger partial charge >= 0.3 is 12.4 Å². The van der Waals surface area contributed by atoms with Gasteiger partial charge in [-0.05, 0) is 24.3 Å². The van der Waals surface area contributed by atoms with Crippen LogP contribution in [0.5, 0.6) is 0 Å². The molecule has 0 saturated carbocycles. The Hall–Kier alpha value is -3.04. The maximum Gasteiger partial charge on any atom is 0.435 e. The van der Waals surface area contributed by atoms with Crippen LogP contribution in [0.1, 0.15) is 11.3 Å². The quantitative estimate of drug-likeness (QED) is 0.484. The molecule has 0 atom stereocenters. The van der Waals surface area contributed by atoms with Crippen molar-refractivity contribution >= 4 is 16.6 Å². The van der Waals surface area contributed by atoms with Crippen LogP contribution in [0.25, 0.3) is 27.8 Å². The summed E-state index contributed by atoms with van der Waals surface area (Å²) in [6.07, 6.45) is -7.13. The number of nitrogens with one attached hydrogen (secondary N) is 1. The highest BCUT2D eigenvalue weighted by Gasteiger charge is 2.39. The minimum absolute atomic E-state index is 0.165. The maximum atomic E-state index is 13.4. The third-order valence-corrected chi connectivity index (χ3v) is 3.94. The number of aromatic amines is 1. The molecule has 26 heavy (non-hydrogen) atoms. The van der Waals surface area contributed by atoms with Gasteiger partial charge in [0.1, 0.15) is 5.65 Å². The fourth-order valence-corrected chi connectivity index (χ4v) is 2.78. The van der Waals surface area contributed by atoms with E-state index in [0.29, 0.717) is 23.0 Å². The molecule has 0 bridgehead atoms. The van der Waals surface area contributed by atoms with Gasteiger partial charge in [-0.25, -0.2) is 4.98 Å². The fraction of sp³-hybridized carbons (Fsp3) is 0.125. The van der Waals surface area contributed by atoms with Gasteiger partial charge in [-0.2, -0.15) is 31.4 Å². The van der Waals surface area contributed by atoms with Crippen molar-refractivity contribution in [3.8, 4) is 11.3 Å². The van der Waals surface area contributed by atoms with E-state index >= 15 is 0 Å². The van der Waals surface area contributed by atoms with E-state index in [9.17, 15) is 26.3 Å². The Labute approximate surface area is 141 Å². The van der Waals surface area contributed by atoms with E-state index in [1.54, 1.807) is 6.07 Å². The number of benzene rings is 1. The number of fused-ring (bicyclic) bond motifs is 2. The number of aromatic nitrogens is 4. The maximum absolute atomic E-state index is 13.4. The van der Waals surface area contributed by atoms with Crippen LogP contribution in [-0.2, 0) is 12.4 Å². The molecule has 3 aromatic heterocycles. The topological polar surface area (TPSA) is 46.0 Å². The number of halogens is 6. The Balaban J connectivity index is 2.02. The second-order valence-corrected chi connectivity index (χ2v) is 5.62. The number of nitrogens with zero attached hydrogens (tertiary/aromatic N) is 3. The molecule has 3 heterocycles. The Kier molecular flexibility index (Phi) is 3.30. The third kappa shape index (κ3) is 2.57. The van der Waals surface area contributed by atoms with Gasteiger partial charge in [0.15, 0.2) is 5.69 Å². The van der Waals surface area contributed by atoms with Crippen molar-refractivity contribution in [2.24, 2.45) is 0 Å². The summed E-state index contributed by atoms with van der Waals surface area (Å²) in [5, 5.41) is 7.05. The minimum Gasteiger partial charge on any atom is -0.299 e. The summed E-state index contributed by atoms with van der Waals surface area (Å²) < 4.78 is 79.9. The van der Waals surface area contributed by atoms with Gasteiger partial charge in [0, 0.05) is 17.1 Å². The van der Waals surface area contributed by atoms with Gasteiger partial charge in [0.2, 0.25) is 0 Å². The summed E-state index contributed by atoms with van der Waals surface area (Å²) in [6.45, 7) is 0. The van der Waals surface area contributed by atoms with E-state index < -0.39 is 29.3 Å². The Morgan fingerprint density at radius 1 is 0.923 bits per heavy atom. The standard InChI is InChI=1S/C16H8F6N4/c17-15(18,19)10-3-4-26-12(6-10)24-14(16(20,21)22)13(26)8-1-2-11-9(5-8)7-23-25-11/h1-7H,(H,23,25). The van der Waals surface area contributed by atoms with Crippen molar-refractivity contribution in [1.82, 2.24) is 19.6 Å². The first-order valence-electron chi connectivity index (χ1n) is 7.24. The molecule has 0 aliphatic carbocycles. The van der Waals surface area contributed by atoms with Crippen molar-refractivity contribution < 1.29 is 26.3 Å². The fourth-order valence-electron chi connectivity index (χ4n) is 2.78. The highest BCUT2D eigenvalue weighted by atomic mass is 19.4. The van der Waals surface area contributed by atoms with Gasteiger partial charge in [-0.1, -0.05) is 6.07 Å². The highest BCUT2D eigenvalue weighted by Crippen LogP contribution is 2.39. The monoisotopic (exact) mass is 370 g/mol. The first kappa shape index (κ1) is 16.4. The summed E-state index contributed by atoms with van der Waals surface area (Å²) in [5.41, 5.74) is -2.30.